The van der Waals surface area contributed by atoms with Crippen molar-refractivity contribution in [3.8, 4) is 11.5 Å². The molecule has 3 rings (SSSR count). The summed E-state index contributed by atoms with van der Waals surface area (Å²) in [5, 5.41) is 0. The van der Waals surface area contributed by atoms with Gasteiger partial charge in [-0.2, -0.15) is 0 Å². The molecule has 1 aromatic carbocycles. The second-order valence-electron chi connectivity index (χ2n) is 7.18. The van der Waals surface area contributed by atoms with Gasteiger partial charge in [-0.3, -0.25) is 0 Å². The first-order valence-corrected chi connectivity index (χ1v) is 11.2. The Labute approximate surface area is 190 Å². The van der Waals surface area contributed by atoms with Gasteiger partial charge in [0.25, 0.3) is 0 Å². The highest BCUT2D eigenvalue weighted by molar-refractivity contribution is 5.48. The van der Waals surface area contributed by atoms with Gasteiger partial charge in [-0.1, -0.05) is 18.2 Å². The van der Waals surface area contributed by atoms with E-state index >= 15 is 0 Å². The molecule has 0 saturated carbocycles. The van der Waals surface area contributed by atoms with Crippen molar-refractivity contribution in [2.45, 2.75) is 19.6 Å². The molecule has 0 radical (unpaired) electrons. The number of hydrogen-bond donors (Lipinski definition) is 0. The summed E-state index contributed by atoms with van der Waals surface area (Å²) in [6.45, 7) is 7.49. The molecule has 0 spiro atoms. The first kappa shape index (κ1) is 24.2. The number of hydrogen-bond acceptors (Lipinski definition) is 6. The summed E-state index contributed by atoms with van der Waals surface area (Å²) < 4.78 is 36.7. The molecule has 1 aromatic heterocycles. The fraction of sp³-hybridized carbons (Fsp3) is 0.480. The number of aryl methyl sites for hydroxylation is 1. The summed E-state index contributed by atoms with van der Waals surface area (Å²) in [5.41, 5.74) is 1.10. The predicted molar refractivity (Wildman–Crippen MR) is 121 cm³/mol. The third-order valence-electron chi connectivity index (χ3n) is 4.80. The first-order chi connectivity index (χ1) is 15.8. The van der Waals surface area contributed by atoms with Crippen LogP contribution in [0.3, 0.4) is 0 Å². The maximum absolute atomic E-state index is 6.26. The number of fused-ring (bicyclic) bond motifs is 1. The van der Waals surface area contributed by atoms with Gasteiger partial charge in [0.05, 0.1) is 52.9 Å². The van der Waals surface area contributed by atoms with E-state index in [4.69, 9.17) is 28.4 Å². The summed E-state index contributed by atoms with van der Waals surface area (Å²) in [5.74, 6) is 1.35. The first-order valence-electron chi connectivity index (χ1n) is 11.2. The molecule has 2 aromatic rings. The standard InChI is InChI=1S/C25H34NO6/c1-2-26-11-9-22(10-12-26)7-8-23-21-30-18-17-28-14-13-27-15-16-29-19-20-31-24-5-3-4-6-25(24)32-23/h3-12,23H,2,13-21H2,1H3/q+1/b8-7+. The fourth-order valence-electron chi connectivity index (χ4n) is 3.04. The highest BCUT2D eigenvalue weighted by atomic mass is 16.6. The molecule has 0 amide bonds. The maximum Gasteiger partial charge on any atom is 0.169 e. The fourth-order valence-corrected chi connectivity index (χ4v) is 3.04. The number of nitrogens with zero attached hydrogens (tertiary/aromatic N) is 1. The van der Waals surface area contributed by atoms with Crippen LogP contribution in [-0.2, 0) is 25.5 Å². The minimum absolute atomic E-state index is 0.281. The summed E-state index contributed by atoms with van der Waals surface area (Å²) in [6, 6.07) is 11.8. The molecule has 7 nitrogen and oxygen atoms in total. The third-order valence-corrected chi connectivity index (χ3v) is 4.80. The van der Waals surface area contributed by atoms with Crippen molar-refractivity contribution in [3.05, 3.63) is 60.4 Å². The van der Waals surface area contributed by atoms with Gasteiger partial charge in [0, 0.05) is 12.1 Å². The summed E-state index contributed by atoms with van der Waals surface area (Å²) >= 11 is 0. The molecule has 1 atom stereocenters. The SMILES string of the molecule is CC[n+]1ccc(/C=C/C2COCCOCCOCCOCCOc3ccccc3O2)cc1. The van der Waals surface area contributed by atoms with Gasteiger partial charge in [0.1, 0.15) is 19.3 Å². The number of rotatable bonds is 3. The average Bonchev–Trinajstić information content (AvgIpc) is 2.83. The van der Waals surface area contributed by atoms with Crippen molar-refractivity contribution in [1.82, 2.24) is 0 Å². The lowest BCUT2D eigenvalue weighted by Gasteiger charge is -2.19. The lowest BCUT2D eigenvalue weighted by molar-refractivity contribution is -0.693. The zero-order valence-corrected chi connectivity index (χ0v) is 18.8. The van der Waals surface area contributed by atoms with Gasteiger partial charge in [-0.25, -0.2) is 4.57 Å². The second-order valence-corrected chi connectivity index (χ2v) is 7.18. The molecule has 0 aliphatic carbocycles. The van der Waals surface area contributed by atoms with Gasteiger partial charge in [-0.15, -0.1) is 0 Å². The van der Waals surface area contributed by atoms with Crippen molar-refractivity contribution in [2.24, 2.45) is 0 Å². The Bertz CT molecular complexity index is 795. The zero-order valence-electron chi connectivity index (χ0n) is 18.8. The van der Waals surface area contributed by atoms with Crippen LogP contribution < -0.4 is 14.0 Å². The largest absolute Gasteiger partial charge is 0.487 e. The highest BCUT2D eigenvalue weighted by Crippen LogP contribution is 2.28. The van der Waals surface area contributed by atoms with Gasteiger partial charge >= 0.3 is 0 Å². The quantitative estimate of drug-likeness (QED) is 0.679. The van der Waals surface area contributed by atoms with Crippen molar-refractivity contribution in [2.75, 3.05) is 59.5 Å². The van der Waals surface area contributed by atoms with Crippen LogP contribution in [0.5, 0.6) is 11.5 Å². The maximum atomic E-state index is 6.26. The van der Waals surface area contributed by atoms with Crippen molar-refractivity contribution < 1.29 is 33.0 Å². The Morgan fingerprint density at radius 1 is 0.781 bits per heavy atom. The molecular weight excluding hydrogens is 410 g/mol. The molecule has 0 fully saturated rings. The van der Waals surface area contributed by atoms with Crippen LogP contribution in [0.4, 0.5) is 0 Å². The molecule has 0 N–H and O–H groups in total. The molecular formula is C25H34NO6+. The number of pyridine rings is 1. The van der Waals surface area contributed by atoms with E-state index in [0.29, 0.717) is 71.0 Å². The van der Waals surface area contributed by atoms with Crippen molar-refractivity contribution in [1.29, 1.82) is 0 Å². The molecule has 1 unspecified atom stereocenters. The monoisotopic (exact) mass is 444 g/mol. The number of para-hydroxylation sites is 2. The number of aromatic nitrogens is 1. The minimum Gasteiger partial charge on any atom is -0.487 e. The second kappa shape index (κ2) is 14.6. The van der Waals surface area contributed by atoms with E-state index in [2.05, 4.69) is 36.0 Å². The van der Waals surface area contributed by atoms with Crippen LogP contribution in [0.2, 0.25) is 0 Å². The van der Waals surface area contributed by atoms with Crippen LogP contribution in [0.25, 0.3) is 6.08 Å². The van der Waals surface area contributed by atoms with E-state index in [1.165, 1.54) is 0 Å². The molecule has 2 heterocycles. The molecule has 32 heavy (non-hydrogen) atoms. The van der Waals surface area contributed by atoms with Crippen LogP contribution in [-0.4, -0.2) is 65.6 Å². The zero-order chi connectivity index (χ0) is 22.3. The predicted octanol–water partition coefficient (Wildman–Crippen LogP) is 2.91. The van der Waals surface area contributed by atoms with Crippen LogP contribution in [0, 0.1) is 0 Å². The number of benzene rings is 1. The van der Waals surface area contributed by atoms with E-state index in [1.54, 1.807) is 0 Å². The van der Waals surface area contributed by atoms with Gasteiger partial charge in [0.15, 0.2) is 23.9 Å². The van der Waals surface area contributed by atoms with Crippen LogP contribution in [0.1, 0.15) is 12.5 Å². The molecule has 174 valence electrons. The van der Waals surface area contributed by atoms with E-state index in [0.717, 1.165) is 12.1 Å². The van der Waals surface area contributed by atoms with Gasteiger partial charge in [-0.05, 0) is 30.7 Å². The average molecular weight is 445 g/mol. The Hall–Kier alpha value is -2.45. The molecule has 7 heteroatoms. The number of ether oxygens (including phenoxy) is 6. The van der Waals surface area contributed by atoms with Gasteiger partial charge < -0.3 is 28.4 Å². The minimum atomic E-state index is -0.281. The summed E-state index contributed by atoms with van der Waals surface area (Å²) in [7, 11) is 0. The lowest BCUT2D eigenvalue weighted by Crippen LogP contribution is -2.30. The summed E-state index contributed by atoms with van der Waals surface area (Å²) in [6.07, 6.45) is 7.90. The highest BCUT2D eigenvalue weighted by Gasteiger charge is 2.12. The van der Waals surface area contributed by atoms with Crippen LogP contribution in [0.15, 0.2) is 54.9 Å². The Kier molecular flexibility index (Phi) is 11.0. The van der Waals surface area contributed by atoms with Crippen LogP contribution >= 0.6 is 0 Å². The van der Waals surface area contributed by atoms with E-state index in [1.807, 2.05) is 36.4 Å². The smallest absolute Gasteiger partial charge is 0.169 e. The van der Waals surface area contributed by atoms with Crippen molar-refractivity contribution >= 4 is 6.08 Å². The Balaban J connectivity index is 1.67. The summed E-state index contributed by atoms with van der Waals surface area (Å²) in [4.78, 5) is 0. The molecule has 1 aliphatic heterocycles. The van der Waals surface area contributed by atoms with E-state index in [-0.39, 0.29) is 6.10 Å². The Morgan fingerprint density at radius 2 is 1.38 bits per heavy atom. The lowest BCUT2D eigenvalue weighted by atomic mass is 10.2. The molecule has 1 aliphatic rings. The van der Waals surface area contributed by atoms with E-state index < -0.39 is 0 Å². The van der Waals surface area contributed by atoms with E-state index in [9.17, 15) is 0 Å². The molecule has 0 bridgehead atoms. The molecule has 0 saturated heterocycles. The Morgan fingerprint density at radius 3 is 2.03 bits per heavy atom. The third kappa shape index (κ3) is 8.96. The van der Waals surface area contributed by atoms with Crippen molar-refractivity contribution in [3.63, 3.8) is 0 Å². The topological polar surface area (TPSA) is 59.3 Å². The van der Waals surface area contributed by atoms with Gasteiger partial charge in [0.2, 0.25) is 0 Å². The normalized spacial score (nSPS) is 19.8.